The lowest BCUT2D eigenvalue weighted by Crippen LogP contribution is -2.41. The number of carbonyl (C=O) groups is 2. The third-order valence-corrected chi connectivity index (χ3v) is 3.74. The molecule has 6 heteroatoms. The summed E-state index contributed by atoms with van der Waals surface area (Å²) in [5.74, 6) is 0.0958. The first kappa shape index (κ1) is 18.8. The van der Waals surface area contributed by atoms with Gasteiger partial charge in [0.25, 0.3) is 0 Å². The molecular weight excluding hydrogens is 323 g/mol. The summed E-state index contributed by atoms with van der Waals surface area (Å²) in [7, 11) is 0. The molecule has 1 N–H and O–H groups in total. The highest BCUT2D eigenvalue weighted by Gasteiger charge is 2.14. The first-order valence-electron chi connectivity index (χ1n) is 7.25. The minimum absolute atomic E-state index is 0.0628. The van der Waals surface area contributed by atoms with E-state index < -0.39 is 0 Å². The van der Waals surface area contributed by atoms with Crippen LogP contribution in [0.1, 0.15) is 26.3 Å². The van der Waals surface area contributed by atoms with Crippen molar-refractivity contribution in [3.05, 3.63) is 33.8 Å². The van der Waals surface area contributed by atoms with Crippen LogP contribution in [0, 0.1) is 5.92 Å². The molecule has 4 nitrogen and oxygen atoms in total. The van der Waals surface area contributed by atoms with Gasteiger partial charge < -0.3 is 10.2 Å². The summed E-state index contributed by atoms with van der Waals surface area (Å²) in [6.07, 6.45) is 0.576. The van der Waals surface area contributed by atoms with E-state index in [2.05, 4.69) is 5.32 Å². The van der Waals surface area contributed by atoms with E-state index in [0.717, 1.165) is 5.56 Å². The lowest BCUT2D eigenvalue weighted by Gasteiger charge is -2.21. The zero-order valence-electron chi connectivity index (χ0n) is 13.2. The Morgan fingerprint density at radius 2 is 1.95 bits per heavy atom. The molecule has 0 fully saturated rings. The van der Waals surface area contributed by atoms with Gasteiger partial charge in [0, 0.05) is 30.1 Å². The van der Waals surface area contributed by atoms with Crippen LogP contribution in [0.2, 0.25) is 10.0 Å². The molecule has 0 aliphatic carbocycles. The Morgan fingerprint density at radius 3 is 2.50 bits per heavy atom. The van der Waals surface area contributed by atoms with Crippen molar-refractivity contribution in [1.29, 1.82) is 0 Å². The summed E-state index contributed by atoms with van der Waals surface area (Å²) in [6, 6.07) is 5.27. The van der Waals surface area contributed by atoms with Crippen LogP contribution in [0.25, 0.3) is 0 Å². The molecule has 0 aromatic heterocycles. The molecule has 0 aliphatic heterocycles. The molecule has 0 radical (unpaired) electrons. The molecule has 0 unspecified atom stereocenters. The summed E-state index contributed by atoms with van der Waals surface area (Å²) in [6.45, 7) is 6.60. The molecule has 0 heterocycles. The number of nitrogens with one attached hydrogen (secondary N) is 1. The second-order valence-corrected chi connectivity index (χ2v) is 6.47. The molecule has 1 rings (SSSR count). The first-order valence-corrected chi connectivity index (χ1v) is 8.01. The number of hydrogen-bond acceptors (Lipinski definition) is 2. The van der Waals surface area contributed by atoms with Crippen molar-refractivity contribution >= 4 is 35.0 Å². The van der Waals surface area contributed by atoms with E-state index in [1.54, 1.807) is 12.1 Å². The smallest absolute Gasteiger partial charge is 0.239 e. The fourth-order valence-electron chi connectivity index (χ4n) is 1.87. The molecule has 1 aromatic rings. The normalized spacial score (nSPS) is 10.6. The van der Waals surface area contributed by atoms with Gasteiger partial charge in [0.1, 0.15) is 0 Å². The molecule has 1 aromatic carbocycles. The Balaban J connectivity index is 2.57. The average Bonchev–Trinajstić information content (AvgIpc) is 2.42. The number of carbonyl (C=O) groups excluding carboxylic acids is 2. The van der Waals surface area contributed by atoms with Gasteiger partial charge >= 0.3 is 0 Å². The maximum absolute atomic E-state index is 11.8. The van der Waals surface area contributed by atoms with E-state index in [1.807, 2.05) is 19.9 Å². The Bertz CT molecular complexity index is 533. The summed E-state index contributed by atoms with van der Waals surface area (Å²) in [5, 5.41) is 3.95. The molecule has 0 saturated heterocycles. The highest BCUT2D eigenvalue weighted by molar-refractivity contribution is 6.35. The Labute approximate surface area is 141 Å². The van der Waals surface area contributed by atoms with E-state index in [-0.39, 0.29) is 18.4 Å². The number of benzene rings is 1. The second kappa shape index (κ2) is 9.01. The number of halogens is 2. The van der Waals surface area contributed by atoms with Crippen LogP contribution in [0.15, 0.2) is 18.2 Å². The molecule has 2 amide bonds. The fraction of sp³-hybridized carbons (Fsp3) is 0.500. The Kier molecular flexibility index (Phi) is 7.69. The Hall–Kier alpha value is -1.26. The maximum Gasteiger partial charge on any atom is 0.239 e. The topological polar surface area (TPSA) is 49.4 Å². The quantitative estimate of drug-likeness (QED) is 0.825. The average molecular weight is 345 g/mol. The molecular formula is C16H22Cl2N2O2. The van der Waals surface area contributed by atoms with Gasteiger partial charge in [0.2, 0.25) is 11.8 Å². The minimum Gasteiger partial charge on any atom is -0.354 e. The predicted molar refractivity (Wildman–Crippen MR) is 90.3 cm³/mol. The highest BCUT2D eigenvalue weighted by atomic mass is 35.5. The van der Waals surface area contributed by atoms with Crippen molar-refractivity contribution in [3.63, 3.8) is 0 Å². The summed E-state index contributed by atoms with van der Waals surface area (Å²) in [4.78, 5) is 25.0. The molecule has 0 atom stereocenters. The van der Waals surface area contributed by atoms with Gasteiger partial charge in [0.05, 0.1) is 6.54 Å². The third-order valence-electron chi connectivity index (χ3n) is 3.15. The monoisotopic (exact) mass is 344 g/mol. The van der Waals surface area contributed by atoms with E-state index in [4.69, 9.17) is 23.2 Å². The van der Waals surface area contributed by atoms with E-state index in [9.17, 15) is 9.59 Å². The SMILES string of the molecule is CC(=O)N(CCc1ccc(Cl)cc1Cl)CC(=O)NCC(C)C. The van der Waals surface area contributed by atoms with Gasteiger partial charge in [-0.15, -0.1) is 0 Å². The number of hydrogen-bond donors (Lipinski definition) is 1. The second-order valence-electron chi connectivity index (χ2n) is 5.62. The molecule has 0 bridgehead atoms. The number of rotatable bonds is 7. The summed E-state index contributed by atoms with van der Waals surface area (Å²) < 4.78 is 0. The molecule has 122 valence electrons. The number of amides is 2. The summed E-state index contributed by atoms with van der Waals surface area (Å²) in [5.41, 5.74) is 0.903. The molecule has 0 aliphatic rings. The van der Waals surface area contributed by atoms with E-state index in [1.165, 1.54) is 11.8 Å². The van der Waals surface area contributed by atoms with Gasteiger partial charge in [-0.25, -0.2) is 0 Å². The van der Waals surface area contributed by atoms with Crippen LogP contribution < -0.4 is 5.32 Å². The highest BCUT2D eigenvalue weighted by Crippen LogP contribution is 2.21. The van der Waals surface area contributed by atoms with Crippen LogP contribution in [-0.4, -0.2) is 36.3 Å². The zero-order valence-corrected chi connectivity index (χ0v) is 14.7. The third kappa shape index (κ3) is 6.67. The van der Waals surface area contributed by atoms with Crippen molar-refractivity contribution < 1.29 is 9.59 Å². The van der Waals surface area contributed by atoms with Crippen LogP contribution >= 0.6 is 23.2 Å². The molecule has 0 spiro atoms. The van der Waals surface area contributed by atoms with Crippen molar-refractivity contribution in [2.24, 2.45) is 5.92 Å². The lowest BCUT2D eigenvalue weighted by molar-refractivity contribution is -0.134. The van der Waals surface area contributed by atoms with Gasteiger partial charge in [-0.1, -0.05) is 43.1 Å². The van der Waals surface area contributed by atoms with Gasteiger partial charge in [-0.05, 0) is 30.0 Å². The first-order chi connectivity index (χ1) is 10.3. The zero-order chi connectivity index (χ0) is 16.7. The van der Waals surface area contributed by atoms with Crippen molar-refractivity contribution in [3.8, 4) is 0 Å². The largest absolute Gasteiger partial charge is 0.354 e. The molecule has 0 saturated carbocycles. The fourth-order valence-corrected chi connectivity index (χ4v) is 2.38. The summed E-state index contributed by atoms with van der Waals surface area (Å²) >= 11 is 12.0. The van der Waals surface area contributed by atoms with E-state index in [0.29, 0.717) is 35.5 Å². The van der Waals surface area contributed by atoms with Crippen molar-refractivity contribution in [1.82, 2.24) is 10.2 Å². The Morgan fingerprint density at radius 1 is 1.27 bits per heavy atom. The van der Waals surface area contributed by atoms with E-state index >= 15 is 0 Å². The van der Waals surface area contributed by atoms with Crippen LogP contribution in [0.4, 0.5) is 0 Å². The number of nitrogens with zero attached hydrogens (tertiary/aromatic N) is 1. The minimum atomic E-state index is -0.147. The lowest BCUT2D eigenvalue weighted by atomic mass is 10.1. The van der Waals surface area contributed by atoms with Gasteiger partial charge in [0.15, 0.2) is 0 Å². The standard InChI is InChI=1S/C16H22Cl2N2O2/c1-11(2)9-19-16(22)10-20(12(3)21)7-6-13-4-5-14(17)8-15(13)18/h4-5,8,11H,6-7,9-10H2,1-3H3,(H,19,22). The van der Waals surface area contributed by atoms with Crippen molar-refractivity contribution in [2.75, 3.05) is 19.6 Å². The van der Waals surface area contributed by atoms with Crippen LogP contribution in [-0.2, 0) is 16.0 Å². The molecule has 22 heavy (non-hydrogen) atoms. The van der Waals surface area contributed by atoms with Gasteiger partial charge in [-0.3, -0.25) is 9.59 Å². The predicted octanol–water partition coefficient (Wildman–Crippen LogP) is 3.16. The van der Waals surface area contributed by atoms with Crippen LogP contribution in [0.5, 0.6) is 0 Å². The van der Waals surface area contributed by atoms with Crippen LogP contribution in [0.3, 0.4) is 0 Å². The van der Waals surface area contributed by atoms with Crippen molar-refractivity contribution in [2.45, 2.75) is 27.2 Å². The van der Waals surface area contributed by atoms with Gasteiger partial charge in [-0.2, -0.15) is 0 Å². The maximum atomic E-state index is 11.8.